The van der Waals surface area contributed by atoms with Gasteiger partial charge in [-0.25, -0.2) is 22.8 Å². The van der Waals surface area contributed by atoms with Gasteiger partial charge in [-0.3, -0.25) is 4.79 Å². The molecule has 0 radical (unpaired) electrons. The molecule has 0 saturated heterocycles. The molecule has 0 unspecified atom stereocenters. The third-order valence-corrected chi connectivity index (χ3v) is 8.82. The van der Waals surface area contributed by atoms with Crippen molar-refractivity contribution in [3.63, 3.8) is 0 Å². The molecule has 0 aliphatic rings. The van der Waals surface area contributed by atoms with E-state index in [2.05, 4.69) is 12.2 Å². The van der Waals surface area contributed by atoms with Crippen molar-refractivity contribution in [3.8, 4) is 11.1 Å². The van der Waals surface area contributed by atoms with E-state index in [1.54, 1.807) is 55.5 Å². The molecule has 0 spiro atoms. The molecule has 0 heterocycles. The maximum Gasteiger partial charge on any atom is 0.336 e. The highest BCUT2D eigenvalue weighted by Gasteiger charge is 2.46. The molecule has 2 aromatic carbocycles. The number of methoxy groups -OCH3 is 1. The maximum atomic E-state index is 14.2. The minimum absolute atomic E-state index is 0.00355. The lowest BCUT2D eigenvalue weighted by atomic mass is 9.82. The topological polar surface area (TPSA) is 113 Å². The lowest BCUT2D eigenvalue weighted by Crippen LogP contribution is -2.54. The quantitative estimate of drug-likeness (QED) is 0.0577. The number of esters is 1. The molecule has 2 rings (SSSR count). The number of halogens is 3. The van der Waals surface area contributed by atoms with E-state index in [1.807, 2.05) is 0 Å². The number of rotatable bonds is 24. The van der Waals surface area contributed by atoms with E-state index in [1.165, 1.54) is 19.3 Å². The van der Waals surface area contributed by atoms with Gasteiger partial charge in [0.15, 0.2) is 5.60 Å². The summed E-state index contributed by atoms with van der Waals surface area (Å²) in [7, 11) is 1.17. The van der Waals surface area contributed by atoms with Crippen LogP contribution in [0.2, 0.25) is 0 Å². The second-order valence-electron chi connectivity index (χ2n) is 12.8. The second kappa shape index (κ2) is 21.4. The van der Waals surface area contributed by atoms with Crippen molar-refractivity contribution in [2.45, 2.75) is 128 Å². The Hall–Kier alpha value is -3.66. The van der Waals surface area contributed by atoms with Crippen molar-refractivity contribution in [2.75, 3.05) is 7.11 Å². The molecule has 0 aromatic heterocycles. The van der Waals surface area contributed by atoms with Gasteiger partial charge in [-0.15, -0.1) is 0 Å². The Labute approximate surface area is 289 Å². The minimum atomic E-state index is -2.65. The Morgan fingerprint density at radius 3 is 2.04 bits per heavy atom. The van der Waals surface area contributed by atoms with Gasteiger partial charge in [-0.1, -0.05) is 113 Å². The zero-order valence-corrected chi connectivity index (χ0v) is 29.2. The van der Waals surface area contributed by atoms with Gasteiger partial charge in [-0.2, -0.15) is 0 Å². The summed E-state index contributed by atoms with van der Waals surface area (Å²) in [4.78, 5) is 38.6. The van der Waals surface area contributed by atoms with Gasteiger partial charge in [-0.05, 0) is 49.3 Å². The Bertz CT molecular complexity index is 1330. The number of aliphatic hydroxyl groups is 1. The van der Waals surface area contributed by atoms with Crippen LogP contribution >= 0.6 is 0 Å². The highest BCUT2D eigenvalue weighted by Crippen LogP contribution is 2.30. The van der Waals surface area contributed by atoms with Crippen molar-refractivity contribution >= 4 is 17.8 Å². The molecular weight excluding hydrogens is 635 g/mol. The molecule has 0 aliphatic heterocycles. The molecule has 272 valence electrons. The number of alkyl halides is 2. The second-order valence-corrected chi connectivity index (χ2v) is 12.8. The predicted molar refractivity (Wildman–Crippen MR) is 186 cm³/mol. The normalized spacial score (nSPS) is 14.3. The smallest absolute Gasteiger partial charge is 0.336 e. The van der Waals surface area contributed by atoms with E-state index in [0.29, 0.717) is 55.2 Å². The van der Waals surface area contributed by atoms with Gasteiger partial charge in [0.2, 0.25) is 11.8 Å². The summed E-state index contributed by atoms with van der Waals surface area (Å²) in [6.07, 6.45) is 10.1. The van der Waals surface area contributed by atoms with Crippen LogP contribution in [0.3, 0.4) is 0 Å². The predicted octanol–water partition coefficient (Wildman–Crippen LogP) is 8.82. The largest absolute Gasteiger partial charge is 0.479 e. The van der Waals surface area contributed by atoms with Crippen molar-refractivity contribution < 1.29 is 42.5 Å². The lowest BCUT2D eigenvalue weighted by molar-refractivity contribution is -0.167. The summed E-state index contributed by atoms with van der Waals surface area (Å²) in [5, 5.41) is 23.7. The zero-order chi connectivity index (χ0) is 36.3. The van der Waals surface area contributed by atoms with E-state index in [0.717, 1.165) is 25.7 Å². The Balaban J connectivity index is 2.04. The van der Waals surface area contributed by atoms with Crippen LogP contribution in [-0.2, 0) is 25.5 Å². The average molecular weight is 690 g/mol. The number of nitrogens with one attached hydrogen (secondary N) is 1. The first-order valence-electron chi connectivity index (χ1n) is 17.6. The van der Waals surface area contributed by atoms with Crippen LogP contribution in [0, 0.1) is 11.7 Å². The molecule has 0 bridgehead atoms. The van der Waals surface area contributed by atoms with Crippen LogP contribution in [0.5, 0.6) is 0 Å². The Morgan fingerprint density at radius 2 is 1.47 bits per heavy atom. The van der Waals surface area contributed by atoms with Gasteiger partial charge in [0, 0.05) is 24.8 Å². The molecule has 2 aromatic rings. The van der Waals surface area contributed by atoms with Crippen molar-refractivity contribution in [2.24, 2.45) is 5.92 Å². The summed E-state index contributed by atoms with van der Waals surface area (Å²) >= 11 is 0. The summed E-state index contributed by atoms with van der Waals surface area (Å²) in [6, 6.07) is 11.9. The van der Waals surface area contributed by atoms with Crippen LogP contribution in [-0.4, -0.2) is 52.7 Å². The van der Waals surface area contributed by atoms with E-state index < -0.39 is 41.3 Å². The van der Waals surface area contributed by atoms with Crippen LogP contribution in [0.15, 0.2) is 60.7 Å². The van der Waals surface area contributed by atoms with Crippen LogP contribution in [0.1, 0.15) is 109 Å². The van der Waals surface area contributed by atoms with Gasteiger partial charge >= 0.3 is 11.9 Å². The third kappa shape index (κ3) is 14.0. The van der Waals surface area contributed by atoms with E-state index in [9.17, 15) is 37.8 Å². The first-order chi connectivity index (χ1) is 23.4. The first kappa shape index (κ1) is 41.5. The summed E-state index contributed by atoms with van der Waals surface area (Å²) in [5.74, 6) is -7.73. The number of unbranched alkanes of at least 4 members (excludes halogenated alkanes) is 8. The summed E-state index contributed by atoms with van der Waals surface area (Å²) in [6.45, 7) is 3.77. The number of hydrogen-bond acceptors (Lipinski definition) is 5. The van der Waals surface area contributed by atoms with Crippen molar-refractivity contribution in [1.82, 2.24) is 5.32 Å². The summed E-state index contributed by atoms with van der Waals surface area (Å²) in [5.41, 5.74) is -0.757. The molecule has 49 heavy (non-hydrogen) atoms. The van der Waals surface area contributed by atoms with Gasteiger partial charge in [0.1, 0.15) is 11.9 Å². The Kier molecular flexibility index (Phi) is 18.2. The van der Waals surface area contributed by atoms with Crippen LogP contribution in [0.25, 0.3) is 11.1 Å². The maximum absolute atomic E-state index is 14.2. The highest BCUT2D eigenvalue weighted by atomic mass is 19.3. The number of carboxylic acid groups (broad SMARTS) is 1. The number of allylic oxidation sites excluding steroid dienone is 1. The molecular formula is C39H54F3NO6. The standard InChI is InChI=1S/C39H54F3NO6/c1-4-6-7-11-16-26-38(41,42)27-17-12-9-8-10-13-19-32(39(48,25-5-2)37(46)47)35(44)43-34(36(45)49-3)28-29-21-23-30(24-22-29)31-18-14-15-20-33(31)40/h13-15,18-24,32,34,48H,4-12,16-17,25-28H2,1-3H3,(H,43,44)(H,46,47)/b19-13+/t32-,34+,39+/m1/s1. The van der Waals surface area contributed by atoms with Crippen molar-refractivity contribution in [3.05, 3.63) is 72.1 Å². The molecule has 3 atom stereocenters. The third-order valence-electron chi connectivity index (χ3n) is 8.82. The number of hydrogen-bond donors (Lipinski definition) is 3. The molecule has 10 heteroatoms. The fourth-order valence-electron chi connectivity index (χ4n) is 5.93. The number of carboxylic acids is 1. The van der Waals surface area contributed by atoms with Gasteiger partial charge in [0.25, 0.3) is 0 Å². The molecule has 7 nitrogen and oxygen atoms in total. The number of amides is 1. The number of carbonyl (C=O) groups excluding carboxylic acids is 2. The highest BCUT2D eigenvalue weighted by molar-refractivity contribution is 5.92. The minimum Gasteiger partial charge on any atom is -0.479 e. The Morgan fingerprint density at radius 1 is 0.857 bits per heavy atom. The zero-order valence-electron chi connectivity index (χ0n) is 29.2. The molecule has 0 saturated carbocycles. The first-order valence-corrected chi connectivity index (χ1v) is 17.6. The summed E-state index contributed by atoms with van der Waals surface area (Å²) < 4.78 is 47.5. The lowest BCUT2D eigenvalue weighted by Gasteiger charge is -2.30. The monoisotopic (exact) mass is 689 g/mol. The molecule has 1 amide bonds. The molecule has 0 fully saturated rings. The van der Waals surface area contributed by atoms with Crippen LogP contribution < -0.4 is 5.32 Å². The van der Waals surface area contributed by atoms with Crippen molar-refractivity contribution in [1.29, 1.82) is 0 Å². The number of aliphatic carboxylic acids is 1. The van der Waals surface area contributed by atoms with E-state index in [-0.39, 0.29) is 37.9 Å². The number of carbonyl (C=O) groups is 3. The number of ether oxygens (including phenoxy) is 1. The fourth-order valence-corrected chi connectivity index (χ4v) is 5.93. The van der Waals surface area contributed by atoms with E-state index in [4.69, 9.17) is 4.74 Å². The fraction of sp³-hybridized carbons (Fsp3) is 0.564. The molecule has 3 N–H and O–H groups in total. The van der Waals surface area contributed by atoms with Gasteiger partial charge < -0.3 is 20.3 Å². The van der Waals surface area contributed by atoms with Gasteiger partial charge in [0.05, 0.1) is 13.0 Å². The average Bonchev–Trinajstić information content (AvgIpc) is 3.07. The van der Waals surface area contributed by atoms with Crippen LogP contribution in [0.4, 0.5) is 13.2 Å². The van der Waals surface area contributed by atoms with E-state index >= 15 is 0 Å². The number of benzene rings is 2. The molecule has 0 aliphatic carbocycles. The SMILES string of the molecule is CCCCCCCC(F)(F)CCCCCC/C=C/[C@H](C(=O)N[C@@H](Cc1ccc(-c2ccccc2F)cc1)C(=O)OC)[C@@](O)(CCC)C(=O)O.